The number of Topliss-reactive ketones (excluding diaryl/α,β-unsaturated/α-hetero) is 2. The van der Waals surface area contributed by atoms with E-state index >= 15 is 0 Å². The molecular weight excluding hydrogens is 562 g/mol. The van der Waals surface area contributed by atoms with Crippen LogP contribution in [0.25, 0.3) is 0 Å². The first-order chi connectivity index (χ1) is 19.8. The molecule has 0 bridgehead atoms. The van der Waals surface area contributed by atoms with Gasteiger partial charge in [-0.1, -0.05) is 27.7 Å². The average Bonchev–Trinajstić information content (AvgIpc) is 2.87. The number of ether oxygens (including phenoxy) is 1. The van der Waals surface area contributed by atoms with Crippen molar-refractivity contribution in [2.75, 3.05) is 30.9 Å². The topological polar surface area (TPSA) is 217 Å². The van der Waals surface area contributed by atoms with Crippen molar-refractivity contribution in [2.24, 2.45) is 40.2 Å². The zero-order valence-electron chi connectivity index (χ0n) is 25.4. The average molecular weight is 604 g/mol. The van der Waals surface area contributed by atoms with Crippen molar-refractivity contribution in [3.05, 3.63) is 17.2 Å². The fourth-order valence-electron chi connectivity index (χ4n) is 8.45. The Morgan fingerprint density at radius 2 is 1.79 bits per heavy atom. The number of phenols is 1. The van der Waals surface area contributed by atoms with Gasteiger partial charge in [0.1, 0.15) is 17.8 Å². The van der Waals surface area contributed by atoms with Crippen LogP contribution in [0.15, 0.2) is 6.07 Å². The Bertz CT molecular complexity index is 1410. The SMILES string of the molecule is CCOC(=O)C(=O)Nc1cc(N(C)C)c2c(c1O)C(=O)C1C(O)[C@@]3(O)C(=O)C(C(N)=O)C(O)[C@H](C(C)C)[C@@]3(C)C[C@@]1(C)C2. The maximum absolute atomic E-state index is 14.4. The molecule has 236 valence electrons. The predicted octanol–water partition coefficient (Wildman–Crippen LogP) is 0.140. The van der Waals surface area contributed by atoms with Crippen LogP contribution >= 0.6 is 0 Å². The summed E-state index contributed by atoms with van der Waals surface area (Å²) in [5.74, 6) is -10.6. The predicted molar refractivity (Wildman–Crippen MR) is 153 cm³/mol. The molecule has 13 nitrogen and oxygen atoms in total. The van der Waals surface area contributed by atoms with Crippen LogP contribution in [0.3, 0.4) is 0 Å². The third-order valence-corrected chi connectivity index (χ3v) is 9.95. The van der Waals surface area contributed by atoms with Crippen molar-refractivity contribution < 1.29 is 49.1 Å². The molecule has 2 fully saturated rings. The van der Waals surface area contributed by atoms with Crippen LogP contribution < -0.4 is 16.0 Å². The number of nitrogens with two attached hydrogens (primary N) is 1. The van der Waals surface area contributed by atoms with Gasteiger partial charge in [0.2, 0.25) is 5.91 Å². The van der Waals surface area contributed by atoms with Crippen molar-refractivity contribution in [2.45, 2.75) is 65.3 Å². The first-order valence-electron chi connectivity index (χ1n) is 14.3. The molecule has 4 unspecified atom stereocenters. The van der Waals surface area contributed by atoms with E-state index in [1.54, 1.807) is 46.7 Å². The van der Waals surface area contributed by atoms with E-state index in [0.717, 1.165) is 0 Å². The van der Waals surface area contributed by atoms with Gasteiger partial charge in [0.05, 0.1) is 29.9 Å². The molecule has 8 atom stereocenters. The number of anilines is 2. The van der Waals surface area contributed by atoms with Crippen LogP contribution in [0.1, 0.15) is 57.0 Å². The fraction of sp³-hybridized carbons (Fsp3) is 0.633. The van der Waals surface area contributed by atoms with Crippen LogP contribution in [0.2, 0.25) is 0 Å². The Morgan fingerprint density at radius 1 is 1.19 bits per heavy atom. The highest BCUT2D eigenvalue weighted by Crippen LogP contribution is 2.66. The molecule has 0 heterocycles. The first-order valence-corrected chi connectivity index (χ1v) is 14.3. The zero-order chi connectivity index (χ0) is 32.6. The Balaban J connectivity index is 1.93. The lowest BCUT2D eigenvalue weighted by Crippen LogP contribution is -2.79. The Labute approximate surface area is 249 Å². The maximum Gasteiger partial charge on any atom is 0.397 e. The van der Waals surface area contributed by atoms with Crippen LogP contribution in [-0.2, 0) is 30.3 Å². The number of carbonyl (C=O) groups excluding carboxylic acids is 5. The van der Waals surface area contributed by atoms with Gasteiger partial charge in [-0.15, -0.1) is 0 Å². The van der Waals surface area contributed by atoms with Gasteiger partial charge in [0, 0.05) is 25.2 Å². The van der Waals surface area contributed by atoms with E-state index in [1.807, 2.05) is 0 Å². The van der Waals surface area contributed by atoms with Crippen molar-refractivity contribution >= 4 is 40.7 Å². The Kier molecular flexibility index (Phi) is 7.95. The quantitative estimate of drug-likeness (QED) is 0.115. The molecule has 2 saturated carbocycles. The molecule has 0 spiro atoms. The van der Waals surface area contributed by atoms with Crippen molar-refractivity contribution in [3.8, 4) is 5.75 Å². The third kappa shape index (κ3) is 4.42. The Hall–Kier alpha value is -3.55. The van der Waals surface area contributed by atoms with E-state index in [9.17, 15) is 44.4 Å². The fourth-order valence-corrected chi connectivity index (χ4v) is 8.45. The molecule has 13 heteroatoms. The highest BCUT2D eigenvalue weighted by atomic mass is 16.5. The van der Waals surface area contributed by atoms with Crippen molar-refractivity contribution in [3.63, 3.8) is 0 Å². The third-order valence-electron chi connectivity index (χ3n) is 9.95. The molecule has 43 heavy (non-hydrogen) atoms. The zero-order valence-corrected chi connectivity index (χ0v) is 25.4. The standard InChI is InChI=1S/C30H41N3O10/c1-8-43-27(41)26(40)32-14-9-15(33(6)7)13-10-28(4)11-29(5)18(12(2)3)22(36)17(25(31)39)23(37)30(29,42)24(38)19(28)21(35)16(13)20(14)34/h9,12,17-19,22,24,34,36,38,42H,8,10-11H2,1-7H3,(H2,31,39)(H,32,40)/t17?,18-,19?,22?,24?,28+,29+,30-/m0/s1. The van der Waals surface area contributed by atoms with Gasteiger partial charge in [0.15, 0.2) is 17.2 Å². The summed E-state index contributed by atoms with van der Waals surface area (Å²) in [6.07, 6.45) is -3.47. The first kappa shape index (κ1) is 32.4. The normalized spacial score (nSPS) is 35.0. The molecule has 1 aromatic rings. The molecular formula is C30H41N3O10. The second-order valence-electron chi connectivity index (χ2n) is 13.2. The lowest BCUT2D eigenvalue weighted by atomic mass is 9.39. The molecule has 7 N–H and O–H groups in total. The van der Waals surface area contributed by atoms with Gasteiger partial charge in [-0.2, -0.15) is 0 Å². The van der Waals surface area contributed by atoms with E-state index in [0.29, 0.717) is 11.3 Å². The number of hydrogen-bond acceptors (Lipinski definition) is 11. The molecule has 2 amide bonds. The number of primary amides is 1. The summed E-state index contributed by atoms with van der Waals surface area (Å²) in [5, 5.41) is 49.0. The maximum atomic E-state index is 14.4. The minimum atomic E-state index is -2.64. The number of aliphatic hydroxyl groups is 3. The summed E-state index contributed by atoms with van der Waals surface area (Å²) in [5.41, 5.74) is 0.629. The number of hydrogen-bond donors (Lipinski definition) is 6. The lowest BCUT2D eigenvalue weighted by Gasteiger charge is -2.66. The minimum Gasteiger partial charge on any atom is -0.505 e. The van der Waals surface area contributed by atoms with Gasteiger partial charge in [-0.25, -0.2) is 4.79 Å². The van der Waals surface area contributed by atoms with Gasteiger partial charge < -0.3 is 41.1 Å². The number of benzene rings is 1. The number of aliphatic hydroxyl groups excluding tert-OH is 2. The van der Waals surface area contributed by atoms with Crippen molar-refractivity contribution in [1.29, 1.82) is 0 Å². The second kappa shape index (κ2) is 10.6. The van der Waals surface area contributed by atoms with Gasteiger partial charge in [0.25, 0.3) is 0 Å². The lowest BCUT2D eigenvalue weighted by molar-refractivity contribution is -0.265. The number of nitrogens with one attached hydrogen (secondary N) is 1. The molecule has 3 aliphatic carbocycles. The second-order valence-corrected chi connectivity index (χ2v) is 13.2. The van der Waals surface area contributed by atoms with Gasteiger partial charge >= 0.3 is 11.9 Å². The highest BCUT2D eigenvalue weighted by molar-refractivity contribution is 6.37. The summed E-state index contributed by atoms with van der Waals surface area (Å²) >= 11 is 0. The minimum absolute atomic E-state index is 0.00445. The summed E-state index contributed by atoms with van der Waals surface area (Å²) < 4.78 is 4.71. The van der Waals surface area contributed by atoms with Crippen molar-refractivity contribution in [1.82, 2.24) is 0 Å². The summed E-state index contributed by atoms with van der Waals surface area (Å²) in [4.78, 5) is 66.6. The number of amides is 2. The van der Waals surface area contributed by atoms with Gasteiger partial charge in [-0.3, -0.25) is 19.2 Å². The van der Waals surface area contributed by atoms with E-state index in [2.05, 4.69) is 5.32 Å². The molecule has 4 rings (SSSR count). The molecule has 0 aromatic heterocycles. The smallest absolute Gasteiger partial charge is 0.397 e. The monoisotopic (exact) mass is 603 g/mol. The number of carbonyl (C=O) groups is 5. The van der Waals surface area contributed by atoms with Gasteiger partial charge in [-0.05, 0) is 48.6 Å². The number of aromatic hydroxyl groups is 1. The van der Waals surface area contributed by atoms with E-state index in [1.165, 1.54) is 13.0 Å². The number of phenolic OH excluding ortho intramolecular Hbond substituents is 1. The molecule has 0 saturated heterocycles. The van der Waals surface area contributed by atoms with Crippen LogP contribution in [-0.4, -0.2) is 88.3 Å². The molecule has 0 radical (unpaired) electrons. The van der Waals surface area contributed by atoms with E-state index < -0.39 is 81.5 Å². The van der Waals surface area contributed by atoms with Crippen LogP contribution in [0.5, 0.6) is 5.75 Å². The summed E-state index contributed by atoms with van der Waals surface area (Å²) in [6, 6.07) is 1.42. The molecule has 0 aliphatic heterocycles. The van der Waals surface area contributed by atoms with E-state index in [4.69, 9.17) is 10.5 Å². The summed E-state index contributed by atoms with van der Waals surface area (Å²) in [7, 11) is 3.38. The number of rotatable bonds is 5. The number of esters is 1. The van der Waals surface area contributed by atoms with Crippen LogP contribution in [0, 0.1) is 34.5 Å². The molecule has 3 aliphatic rings. The largest absolute Gasteiger partial charge is 0.505 e. The highest BCUT2D eigenvalue weighted by Gasteiger charge is 2.76. The number of ketones is 2. The van der Waals surface area contributed by atoms with Crippen LogP contribution in [0.4, 0.5) is 11.4 Å². The molecule has 1 aromatic carbocycles. The number of fused-ring (bicyclic) bond motifs is 3. The number of nitrogens with zero attached hydrogens (tertiary/aromatic N) is 1. The Morgan fingerprint density at radius 3 is 2.30 bits per heavy atom. The summed E-state index contributed by atoms with van der Waals surface area (Å²) in [6.45, 7) is 8.32. The van der Waals surface area contributed by atoms with E-state index in [-0.39, 0.29) is 36.6 Å².